The van der Waals surface area contributed by atoms with Gasteiger partial charge in [-0.1, -0.05) is 61.2 Å². The fourth-order valence-corrected chi connectivity index (χ4v) is 3.14. The molecule has 0 bridgehead atoms. The Morgan fingerprint density at radius 2 is 1.63 bits per heavy atom. The van der Waals surface area contributed by atoms with Crippen LogP contribution in [-0.2, 0) is 0 Å². The summed E-state index contributed by atoms with van der Waals surface area (Å²) in [6, 6.07) is 23.6. The average molecular weight is 353 g/mol. The number of nitrogens with one attached hydrogen (secondary N) is 2. The molecule has 0 aliphatic carbocycles. The van der Waals surface area contributed by atoms with Crippen LogP contribution in [-0.4, -0.2) is 10.9 Å². The van der Waals surface area contributed by atoms with E-state index in [0.717, 1.165) is 32.9 Å². The van der Waals surface area contributed by atoms with Crippen LogP contribution in [0.1, 0.15) is 21.6 Å². The van der Waals surface area contributed by atoms with Crippen LogP contribution >= 0.6 is 0 Å². The first-order valence-electron chi connectivity index (χ1n) is 8.72. The van der Waals surface area contributed by atoms with Gasteiger partial charge in [-0.05, 0) is 41.5 Å². The molecular weight excluding hydrogens is 334 g/mol. The predicted molar refractivity (Wildman–Crippen MR) is 110 cm³/mol. The van der Waals surface area contributed by atoms with E-state index in [4.69, 9.17) is 0 Å². The van der Waals surface area contributed by atoms with Crippen molar-refractivity contribution in [3.63, 3.8) is 0 Å². The zero-order chi connectivity index (χ0) is 18.8. The molecule has 0 saturated carbocycles. The van der Waals surface area contributed by atoms with Gasteiger partial charge in [-0.3, -0.25) is 20.6 Å². The molecule has 4 nitrogen and oxygen atoms in total. The SMILES string of the molecule is C=C(NNC(=O)c1cc(C)nc2ccccc12)c1ccc2ccccc2c1. The number of hydrogen-bond acceptors (Lipinski definition) is 3. The third-order valence-electron chi connectivity index (χ3n) is 4.51. The Morgan fingerprint density at radius 1 is 0.889 bits per heavy atom. The number of hydrazine groups is 1. The highest BCUT2D eigenvalue weighted by Crippen LogP contribution is 2.20. The van der Waals surface area contributed by atoms with Gasteiger partial charge in [-0.15, -0.1) is 0 Å². The van der Waals surface area contributed by atoms with Crippen LogP contribution in [0, 0.1) is 6.92 Å². The average Bonchev–Trinajstić information content (AvgIpc) is 2.70. The molecule has 0 radical (unpaired) electrons. The van der Waals surface area contributed by atoms with Crippen LogP contribution in [0.5, 0.6) is 0 Å². The fourth-order valence-electron chi connectivity index (χ4n) is 3.14. The molecule has 0 atom stereocenters. The Kier molecular flexibility index (Phi) is 4.30. The molecule has 0 saturated heterocycles. The smallest absolute Gasteiger partial charge is 0.270 e. The van der Waals surface area contributed by atoms with Gasteiger partial charge in [0.2, 0.25) is 0 Å². The molecule has 4 rings (SSSR count). The number of fused-ring (bicyclic) bond motifs is 2. The van der Waals surface area contributed by atoms with Gasteiger partial charge >= 0.3 is 0 Å². The third kappa shape index (κ3) is 3.37. The molecule has 1 heterocycles. The van der Waals surface area contributed by atoms with E-state index in [1.54, 1.807) is 6.07 Å². The van der Waals surface area contributed by atoms with Gasteiger partial charge < -0.3 is 0 Å². The van der Waals surface area contributed by atoms with Crippen molar-refractivity contribution in [3.05, 3.63) is 96.2 Å². The zero-order valence-corrected chi connectivity index (χ0v) is 15.0. The molecule has 0 unspecified atom stereocenters. The number of aromatic nitrogens is 1. The summed E-state index contributed by atoms with van der Waals surface area (Å²) in [6.07, 6.45) is 0. The highest BCUT2D eigenvalue weighted by molar-refractivity contribution is 6.06. The molecule has 0 aliphatic rings. The lowest BCUT2D eigenvalue weighted by Gasteiger charge is -2.13. The Balaban J connectivity index is 1.54. The lowest BCUT2D eigenvalue weighted by atomic mass is 10.1. The number of benzene rings is 3. The Hall–Kier alpha value is -3.66. The van der Waals surface area contributed by atoms with Crippen molar-refractivity contribution in [2.24, 2.45) is 0 Å². The van der Waals surface area contributed by atoms with Gasteiger partial charge in [0.25, 0.3) is 5.91 Å². The molecule has 27 heavy (non-hydrogen) atoms. The van der Waals surface area contributed by atoms with E-state index in [1.807, 2.05) is 61.5 Å². The van der Waals surface area contributed by atoms with Gasteiger partial charge in [0.15, 0.2) is 0 Å². The van der Waals surface area contributed by atoms with Crippen molar-refractivity contribution in [1.29, 1.82) is 0 Å². The summed E-state index contributed by atoms with van der Waals surface area (Å²) in [5.74, 6) is -0.223. The quantitative estimate of drug-likeness (QED) is 0.527. The first-order valence-corrected chi connectivity index (χ1v) is 8.72. The zero-order valence-electron chi connectivity index (χ0n) is 15.0. The second-order valence-corrected chi connectivity index (χ2v) is 6.45. The maximum Gasteiger partial charge on any atom is 0.270 e. The molecule has 0 fully saturated rings. The predicted octanol–water partition coefficient (Wildman–Crippen LogP) is 4.60. The largest absolute Gasteiger partial charge is 0.298 e. The summed E-state index contributed by atoms with van der Waals surface area (Å²) >= 11 is 0. The number of aryl methyl sites for hydroxylation is 1. The standard InChI is InChI=1S/C23H19N3O/c1-15-13-21(20-9-5-6-10-22(20)24-15)23(27)26-25-16(2)18-12-11-17-7-3-4-8-19(17)14-18/h3-14,25H,2H2,1H3,(H,26,27). The van der Waals surface area contributed by atoms with E-state index in [9.17, 15) is 4.79 Å². The van der Waals surface area contributed by atoms with E-state index in [-0.39, 0.29) is 5.91 Å². The number of amides is 1. The maximum atomic E-state index is 12.7. The topological polar surface area (TPSA) is 54.0 Å². The van der Waals surface area contributed by atoms with E-state index >= 15 is 0 Å². The molecule has 1 aromatic heterocycles. The Morgan fingerprint density at radius 3 is 2.48 bits per heavy atom. The maximum absolute atomic E-state index is 12.7. The Bertz CT molecular complexity index is 1180. The van der Waals surface area contributed by atoms with E-state index in [2.05, 4.69) is 34.5 Å². The monoisotopic (exact) mass is 353 g/mol. The number of carbonyl (C=O) groups excluding carboxylic acids is 1. The summed E-state index contributed by atoms with van der Waals surface area (Å²) in [4.78, 5) is 17.2. The van der Waals surface area contributed by atoms with Crippen LogP contribution in [0.15, 0.2) is 79.4 Å². The van der Waals surface area contributed by atoms with Crippen LogP contribution in [0.25, 0.3) is 27.4 Å². The van der Waals surface area contributed by atoms with E-state index < -0.39 is 0 Å². The number of carbonyl (C=O) groups is 1. The van der Waals surface area contributed by atoms with Crippen molar-refractivity contribution in [3.8, 4) is 0 Å². The minimum absolute atomic E-state index is 0.223. The number of nitrogens with zero attached hydrogens (tertiary/aromatic N) is 1. The molecule has 0 aliphatic heterocycles. The number of para-hydroxylation sites is 1. The van der Waals surface area contributed by atoms with E-state index in [1.165, 1.54) is 0 Å². The van der Waals surface area contributed by atoms with Crippen LogP contribution < -0.4 is 10.9 Å². The van der Waals surface area contributed by atoms with Gasteiger partial charge in [0.1, 0.15) is 0 Å². The molecule has 4 aromatic rings. The van der Waals surface area contributed by atoms with Crippen LogP contribution in [0.4, 0.5) is 0 Å². The summed E-state index contributed by atoms with van der Waals surface area (Å²) in [6.45, 7) is 5.92. The van der Waals surface area contributed by atoms with Crippen LogP contribution in [0.3, 0.4) is 0 Å². The highest BCUT2D eigenvalue weighted by atomic mass is 16.2. The van der Waals surface area contributed by atoms with E-state index in [0.29, 0.717) is 11.3 Å². The van der Waals surface area contributed by atoms with Crippen molar-refractivity contribution in [2.75, 3.05) is 0 Å². The summed E-state index contributed by atoms with van der Waals surface area (Å²) in [7, 11) is 0. The number of hydrogen-bond donors (Lipinski definition) is 2. The van der Waals surface area contributed by atoms with Crippen LogP contribution in [0.2, 0.25) is 0 Å². The number of rotatable bonds is 4. The highest BCUT2D eigenvalue weighted by Gasteiger charge is 2.12. The first-order chi connectivity index (χ1) is 13.1. The van der Waals surface area contributed by atoms with Gasteiger partial charge in [-0.2, -0.15) is 0 Å². The lowest BCUT2D eigenvalue weighted by molar-refractivity contribution is 0.0944. The van der Waals surface area contributed by atoms with Crippen molar-refractivity contribution < 1.29 is 4.79 Å². The number of pyridine rings is 1. The summed E-state index contributed by atoms with van der Waals surface area (Å²) in [5.41, 5.74) is 9.41. The first kappa shape index (κ1) is 16.8. The molecule has 4 heteroatoms. The summed E-state index contributed by atoms with van der Waals surface area (Å²) < 4.78 is 0. The second kappa shape index (κ2) is 6.92. The van der Waals surface area contributed by atoms with Gasteiger partial charge in [0.05, 0.1) is 16.8 Å². The second-order valence-electron chi connectivity index (χ2n) is 6.45. The normalized spacial score (nSPS) is 10.7. The molecule has 2 N–H and O–H groups in total. The minimum atomic E-state index is -0.223. The van der Waals surface area contributed by atoms with Crippen molar-refractivity contribution in [1.82, 2.24) is 15.8 Å². The minimum Gasteiger partial charge on any atom is -0.298 e. The van der Waals surface area contributed by atoms with Crippen molar-refractivity contribution in [2.45, 2.75) is 6.92 Å². The third-order valence-corrected chi connectivity index (χ3v) is 4.51. The fraction of sp³-hybridized carbons (Fsp3) is 0.0435. The summed E-state index contributed by atoms with van der Waals surface area (Å²) in [5, 5.41) is 3.11. The molecule has 132 valence electrons. The molecule has 0 spiro atoms. The molecule has 3 aromatic carbocycles. The van der Waals surface area contributed by atoms with Crippen molar-refractivity contribution >= 4 is 33.3 Å². The van der Waals surface area contributed by atoms with Gasteiger partial charge in [0, 0.05) is 11.1 Å². The lowest BCUT2D eigenvalue weighted by Crippen LogP contribution is -2.36. The molecular formula is C23H19N3O. The van der Waals surface area contributed by atoms with Gasteiger partial charge in [-0.25, -0.2) is 0 Å². The molecule has 1 amide bonds. The Labute approximate surface area is 157 Å².